The number of ether oxygens (including phenoxy) is 1. The van der Waals surface area contributed by atoms with Gasteiger partial charge in [0.2, 0.25) is 0 Å². The average molecular weight is 236 g/mol. The van der Waals surface area contributed by atoms with E-state index < -0.39 is 6.10 Å². The summed E-state index contributed by atoms with van der Waals surface area (Å²) >= 11 is 0. The third-order valence-electron chi connectivity index (χ3n) is 2.78. The molecule has 1 amide bonds. The third kappa shape index (κ3) is 3.28. The summed E-state index contributed by atoms with van der Waals surface area (Å²) in [6.45, 7) is 4.20. The maximum Gasteiger partial charge on any atom is 0.254 e. The second-order valence-corrected chi connectivity index (χ2v) is 3.91. The van der Waals surface area contributed by atoms with Gasteiger partial charge >= 0.3 is 0 Å². The van der Waals surface area contributed by atoms with Crippen molar-refractivity contribution in [3.63, 3.8) is 0 Å². The van der Waals surface area contributed by atoms with E-state index >= 15 is 0 Å². The zero-order valence-corrected chi connectivity index (χ0v) is 10.6. The van der Waals surface area contributed by atoms with Crippen molar-refractivity contribution < 1.29 is 9.53 Å². The summed E-state index contributed by atoms with van der Waals surface area (Å²) in [7, 11) is 1.48. The number of anilines is 1. The lowest BCUT2D eigenvalue weighted by atomic mass is 10.1. The lowest BCUT2D eigenvalue weighted by Crippen LogP contribution is -2.36. The maximum absolute atomic E-state index is 11.9. The lowest BCUT2D eigenvalue weighted by molar-refractivity contribution is -0.125. The van der Waals surface area contributed by atoms with Gasteiger partial charge in [0.25, 0.3) is 5.91 Å². The molecule has 0 radical (unpaired) electrons. The Morgan fingerprint density at radius 2 is 2.24 bits per heavy atom. The number of aryl methyl sites for hydroxylation is 2. The first-order valence-corrected chi connectivity index (χ1v) is 5.76. The van der Waals surface area contributed by atoms with Gasteiger partial charge in [0.15, 0.2) is 0 Å². The van der Waals surface area contributed by atoms with Crippen molar-refractivity contribution in [1.82, 2.24) is 0 Å². The number of carbonyl (C=O) groups is 1. The molecule has 17 heavy (non-hydrogen) atoms. The smallest absolute Gasteiger partial charge is 0.254 e. The normalized spacial score (nSPS) is 12.2. The molecule has 3 N–H and O–H groups in total. The molecule has 0 aliphatic carbocycles. The second-order valence-electron chi connectivity index (χ2n) is 3.91. The molecule has 0 heterocycles. The minimum absolute atomic E-state index is 0.176. The average Bonchev–Trinajstić information content (AvgIpc) is 2.33. The van der Waals surface area contributed by atoms with Crippen LogP contribution >= 0.6 is 0 Å². The molecule has 0 aliphatic rings. The van der Waals surface area contributed by atoms with E-state index in [1.165, 1.54) is 7.11 Å². The minimum Gasteiger partial charge on any atom is -0.370 e. The summed E-state index contributed by atoms with van der Waals surface area (Å²) in [6, 6.07) is 5.96. The van der Waals surface area contributed by atoms with Crippen molar-refractivity contribution in [1.29, 1.82) is 0 Å². The van der Waals surface area contributed by atoms with Crippen molar-refractivity contribution in [2.75, 3.05) is 19.0 Å². The third-order valence-corrected chi connectivity index (χ3v) is 2.78. The van der Waals surface area contributed by atoms with Crippen LogP contribution in [0.2, 0.25) is 0 Å². The Kier molecular flexibility index (Phi) is 5.12. The number of nitrogens with one attached hydrogen (secondary N) is 1. The number of benzene rings is 1. The molecule has 1 atom stereocenters. The zero-order valence-electron chi connectivity index (χ0n) is 10.6. The second kappa shape index (κ2) is 6.37. The van der Waals surface area contributed by atoms with E-state index in [0.717, 1.165) is 23.2 Å². The standard InChI is InChI=1S/C13H20N2O2/c1-4-10-7-5-6-9(2)12(10)15-13(16)11(8-14)17-3/h5-7,11H,4,8,14H2,1-3H3,(H,15,16). The molecule has 0 fully saturated rings. The summed E-state index contributed by atoms with van der Waals surface area (Å²) in [5.74, 6) is -0.195. The fourth-order valence-electron chi connectivity index (χ4n) is 1.72. The SMILES string of the molecule is CCc1cccc(C)c1NC(=O)C(CN)OC. The number of amides is 1. The molecule has 0 saturated heterocycles. The highest BCUT2D eigenvalue weighted by Crippen LogP contribution is 2.21. The molecule has 0 bridgehead atoms. The molecule has 4 nitrogen and oxygen atoms in total. The Bertz CT molecular complexity index is 387. The summed E-state index contributed by atoms with van der Waals surface area (Å²) in [6.07, 6.45) is 0.275. The van der Waals surface area contributed by atoms with Gasteiger partial charge < -0.3 is 15.8 Å². The number of para-hydroxylation sites is 1. The van der Waals surface area contributed by atoms with Gasteiger partial charge in [-0.15, -0.1) is 0 Å². The largest absolute Gasteiger partial charge is 0.370 e. The maximum atomic E-state index is 11.9. The Hall–Kier alpha value is -1.39. The summed E-state index contributed by atoms with van der Waals surface area (Å²) in [5, 5.41) is 2.89. The Balaban J connectivity index is 2.91. The van der Waals surface area contributed by atoms with Gasteiger partial charge in [0.1, 0.15) is 6.10 Å². The first-order chi connectivity index (χ1) is 8.13. The van der Waals surface area contributed by atoms with Crippen LogP contribution in [0.5, 0.6) is 0 Å². The molecule has 1 rings (SSSR count). The number of nitrogens with two attached hydrogens (primary N) is 1. The van der Waals surface area contributed by atoms with Crippen molar-refractivity contribution in [2.24, 2.45) is 5.73 Å². The Labute approximate surface area is 102 Å². The van der Waals surface area contributed by atoms with E-state index in [9.17, 15) is 4.79 Å². The van der Waals surface area contributed by atoms with Crippen molar-refractivity contribution in [3.05, 3.63) is 29.3 Å². The first-order valence-electron chi connectivity index (χ1n) is 5.76. The van der Waals surface area contributed by atoms with Crippen molar-refractivity contribution in [2.45, 2.75) is 26.4 Å². The number of methoxy groups -OCH3 is 1. The van der Waals surface area contributed by atoms with Gasteiger partial charge in [-0.3, -0.25) is 4.79 Å². The topological polar surface area (TPSA) is 64.4 Å². The summed E-state index contributed by atoms with van der Waals surface area (Å²) < 4.78 is 5.01. The van der Waals surface area contributed by atoms with Crippen molar-refractivity contribution >= 4 is 11.6 Å². The number of hydrogen-bond acceptors (Lipinski definition) is 3. The molecule has 0 saturated carbocycles. The fraction of sp³-hybridized carbons (Fsp3) is 0.462. The number of hydrogen-bond donors (Lipinski definition) is 2. The predicted octanol–water partition coefficient (Wildman–Crippen LogP) is 1.47. The molecule has 1 unspecified atom stereocenters. The van der Waals surface area contributed by atoms with Gasteiger partial charge in [0.05, 0.1) is 0 Å². The molecule has 1 aromatic rings. The van der Waals surface area contributed by atoms with Crippen molar-refractivity contribution in [3.8, 4) is 0 Å². The quantitative estimate of drug-likeness (QED) is 0.813. The van der Waals surface area contributed by atoms with Gasteiger partial charge in [-0.25, -0.2) is 0 Å². The van der Waals surface area contributed by atoms with Crippen LogP contribution in [0.1, 0.15) is 18.1 Å². The first kappa shape index (κ1) is 13.7. The Morgan fingerprint density at radius 3 is 2.76 bits per heavy atom. The number of carbonyl (C=O) groups excluding carboxylic acids is 1. The molecule has 0 aromatic heterocycles. The van der Waals surface area contributed by atoms with Crippen LogP contribution in [0.25, 0.3) is 0 Å². The molecule has 1 aromatic carbocycles. The molecular weight excluding hydrogens is 216 g/mol. The van der Waals surface area contributed by atoms with Crippen LogP contribution in [0.3, 0.4) is 0 Å². The van der Waals surface area contributed by atoms with Gasteiger partial charge in [-0.05, 0) is 24.5 Å². The molecule has 0 aliphatic heterocycles. The van der Waals surface area contributed by atoms with E-state index in [4.69, 9.17) is 10.5 Å². The minimum atomic E-state index is -0.598. The fourth-order valence-corrected chi connectivity index (χ4v) is 1.72. The van der Waals surface area contributed by atoms with E-state index in [1.54, 1.807) is 0 Å². The van der Waals surface area contributed by atoms with Gasteiger partial charge in [-0.1, -0.05) is 25.1 Å². The monoisotopic (exact) mass is 236 g/mol. The van der Waals surface area contributed by atoms with Gasteiger partial charge in [0, 0.05) is 19.3 Å². The molecule has 0 spiro atoms. The zero-order chi connectivity index (χ0) is 12.8. The highest BCUT2D eigenvalue weighted by Gasteiger charge is 2.17. The van der Waals surface area contributed by atoms with Crippen LogP contribution in [0.15, 0.2) is 18.2 Å². The van der Waals surface area contributed by atoms with Crippen LogP contribution in [0, 0.1) is 6.92 Å². The van der Waals surface area contributed by atoms with Crippen LogP contribution in [-0.2, 0) is 16.0 Å². The van der Waals surface area contributed by atoms with Crippen LogP contribution in [-0.4, -0.2) is 25.7 Å². The van der Waals surface area contributed by atoms with Crippen LogP contribution < -0.4 is 11.1 Å². The molecule has 4 heteroatoms. The molecular formula is C13H20N2O2. The molecule has 94 valence electrons. The lowest BCUT2D eigenvalue weighted by Gasteiger charge is -2.17. The summed E-state index contributed by atoms with van der Waals surface area (Å²) in [4.78, 5) is 11.9. The number of rotatable bonds is 5. The van der Waals surface area contributed by atoms with Crippen LogP contribution in [0.4, 0.5) is 5.69 Å². The van der Waals surface area contributed by atoms with E-state index in [0.29, 0.717) is 0 Å². The van der Waals surface area contributed by atoms with E-state index in [1.807, 2.05) is 25.1 Å². The predicted molar refractivity (Wildman–Crippen MR) is 69.0 cm³/mol. The highest BCUT2D eigenvalue weighted by atomic mass is 16.5. The summed E-state index contributed by atoms with van der Waals surface area (Å²) in [5.41, 5.74) is 8.49. The van der Waals surface area contributed by atoms with Gasteiger partial charge in [-0.2, -0.15) is 0 Å². The Morgan fingerprint density at radius 1 is 1.53 bits per heavy atom. The highest BCUT2D eigenvalue weighted by molar-refractivity contribution is 5.95. The van der Waals surface area contributed by atoms with E-state index in [-0.39, 0.29) is 12.5 Å². The van der Waals surface area contributed by atoms with E-state index in [2.05, 4.69) is 12.2 Å².